The number of amides is 1. The first kappa shape index (κ1) is 18.3. The van der Waals surface area contributed by atoms with Crippen molar-refractivity contribution in [3.05, 3.63) is 41.0 Å². The molecule has 1 aliphatic rings. The normalized spacial score (nSPS) is 13.6. The molecule has 0 unspecified atom stereocenters. The molecule has 0 aliphatic carbocycles. The maximum atomic E-state index is 12.9. The van der Waals surface area contributed by atoms with Gasteiger partial charge in [-0.25, -0.2) is 9.97 Å². The Labute approximate surface area is 153 Å². The Morgan fingerprint density at radius 2 is 2.04 bits per heavy atom. The predicted molar refractivity (Wildman–Crippen MR) is 101 cm³/mol. The second-order valence-corrected chi connectivity index (χ2v) is 6.37. The molecule has 0 bridgehead atoms. The number of hydrogen-bond donors (Lipinski definition) is 2. The molecule has 0 atom stereocenters. The number of aromatic nitrogens is 3. The summed E-state index contributed by atoms with van der Waals surface area (Å²) in [6, 6.07) is 1.83. The van der Waals surface area contributed by atoms with Crippen LogP contribution in [0.3, 0.4) is 0 Å². The number of carbonyl (C=O) groups is 1. The van der Waals surface area contributed by atoms with E-state index in [0.29, 0.717) is 37.4 Å². The lowest BCUT2D eigenvalue weighted by molar-refractivity contribution is 0.102. The fraction of sp³-hybridized carbons (Fsp3) is 0.474. The fourth-order valence-corrected chi connectivity index (χ4v) is 2.95. The molecule has 0 fully saturated rings. The lowest BCUT2D eigenvalue weighted by atomic mass is 10.0. The quantitative estimate of drug-likeness (QED) is 0.775. The first-order valence-electron chi connectivity index (χ1n) is 9.11. The SMILES string of the molecule is CCCCNc1cc(C(=O)Nc2cncc(C)n2)c2c(n1)CCOCC2. The summed E-state index contributed by atoms with van der Waals surface area (Å²) in [5.41, 5.74) is 3.28. The second-order valence-electron chi connectivity index (χ2n) is 6.37. The number of nitrogens with zero attached hydrogens (tertiary/aromatic N) is 3. The van der Waals surface area contributed by atoms with Crippen molar-refractivity contribution in [3.63, 3.8) is 0 Å². The summed E-state index contributed by atoms with van der Waals surface area (Å²) in [6.45, 7) is 6.05. The molecule has 2 aromatic rings. The largest absolute Gasteiger partial charge is 0.381 e. The molecule has 0 aromatic carbocycles. The third-order valence-electron chi connectivity index (χ3n) is 4.27. The average molecular weight is 355 g/mol. The number of pyridine rings is 1. The lowest BCUT2D eigenvalue weighted by Gasteiger charge is -2.15. The van der Waals surface area contributed by atoms with Crippen LogP contribution in [-0.4, -0.2) is 40.6 Å². The number of rotatable bonds is 6. The van der Waals surface area contributed by atoms with E-state index in [4.69, 9.17) is 9.72 Å². The molecule has 2 aromatic heterocycles. The highest BCUT2D eigenvalue weighted by atomic mass is 16.5. The van der Waals surface area contributed by atoms with Crippen molar-refractivity contribution >= 4 is 17.5 Å². The second kappa shape index (κ2) is 8.71. The van der Waals surface area contributed by atoms with Crippen molar-refractivity contribution in [2.75, 3.05) is 30.4 Å². The van der Waals surface area contributed by atoms with Gasteiger partial charge in [0.1, 0.15) is 5.82 Å². The van der Waals surface area contributed by atoms with Crippen molar-refractivity contribution in [3.8, 4) is 0 Å². The Balaban J connectivity index is 1.89. The minimum absolute atomic E-state index is 0.191. The molecule has 7 heteroatoms. The molecule has 2 N–H and O–H groups in total. The van der Waals surface area contributed by atoms with Gasteiger partial charge in [-0.05, 0) is 31.4 Å². The van der Waals surface area contributed by atoms with Crippen molar-refractivity contribution in [1.29, 1.82) is 0 Å². The Kier molecular flexibility index (Phi) is 6.12. The van der Waals surface area contributed by atoms with Crippen LogP contribution >= 0.6 is 0 Å². The van der Waals surface area contributed by atoms with Crippen molar-refractivity contribution < 1.29 is 9.53 Å². The Morgan fingerprint density at radius 3 is 2.85 bits per heavy atom. The van der Waals surface area contributed by atoms with Gasteiger partial charge in [0.2, 0.25) is 0 Å². The van der Waals surface area contributed by atoms with Gasteiger partial charge in [-0.1, -0.05) is 13.3 Å². The molecule has 0 saturated heterocycles. The van der Waals surface area contributed by atoms with Gasteiger partial charge in [0, 0.05) is 30.4 Å². The number of nitrogens with one attached hydrogen (secondary N) is 2. The van der Waals surface area contributed by atoms with E-state index in [1.54, 1.807) is 12.4 Å². The highest BCUT2D eigenvalue weighted by Crippen LogP contribution is 2.22. The van der Waals surface area contributed by atoms with Gasteiger partial charge in [0.05, 0.1) is 25.1 Å². The molecule has 0 radical (unpaired) electrons. The smallest absolute Gasteiger partial charge is 0.257 e. The number of hydrogen-bond acceptors (Lipinski definition) is 6. The van der Waals surface area contributed by atoms with Gasteiger partial charge >= 0.3 is 0 Å². The van der Waals surface area contributed by atoms with Crippen LogP contribution in [0.1, 0.15) is 47.1 Å². The summed E-state index contributed by atoms with van der Waals surface area (Å²) in [6.07, 6.45) is 6.76. The maximum Gasteiger partial charge on any atom is 0.257 e. The van der Waals surface area contributed by atoms with E-state index < -0.39 is 0 Å². The zero-order chi connectivity index (χ0) is 18.4. The summed E-state index contributed by atoms with van der Waals surface area (Å²) < 4.78 is 5.57. The van der Waals surface area contributed by atoms with E-state index in [1.165, 1.54) is 0 Å². The van der Waals surface area contributed by atoms with Crippen LogP contribution in [0.15, 0.2) is 18.5 Å². The highest BCUT2D eigenvalue weighted by Gasteiger charge is 2.20. The van der Waals surface area contributed by atoms with Crippen LogP contribution in [0, 0.1) is 6.92 Å². The molecule has 3 heterocycles. The molecule has 3 rings (SSSR count). The molecular formula is C19H25N5O2. The van der Waals surface area contributed by atoms with Gasteiger partial charge in [0.25, 0.3) is 5.91 Å². The summed E-state index contributed by atoms with van der Waals surface area (Å²) in [4.78, 5) is 26.0. The predicted octanol–water partition coefficient (Wildman–Crippen LogP) is 2.76. The van der Waals surface area contributed by atoms with Crippen LogP contribution in [0.4, 0.5) is 11.6 Å². The zero-order valence-corrected chi connectivity index (χ0v) is 15.3. The molecule has 0 spiro atoms. The molecule has 1 amide bonds. The molecule has 138 valence electrons. The van der Waals surface area contributed by atoms with Crippen LogP contribution in [0.25, 0.3) is 0 Å². The zero-order valence-electron chi connectivity index (χ0n) is 15.3. The molecule has 26 heavy (non-hydrogen) atoms. The number of fused-ring (bicyclic) bond motifs is 1. The summed E-state index contributed by atoms with van der Waals surface area (Å²) in [5.74, 6) is 0.995. The van der Waals surface area contributed by atoms with E-state index in [2.05, 4.69) is 27.5 Å². The van der Waals surface area contributed by atoms with Crippen LogP contribution in [-0.2, 0) is 17.6 Å². The maximum absolute atomic E-state index is 12.9. The van der Waals surface area contributed by atoms with Gasteiger partial charge in [-0.3, -0.25) is 9.78 Å². The number of ether oxygens (including phenoxy) is 1. The van der Waals surface area contributed by atoms with Crippen molar-refractivity contribution in [2.24, 2.45) is 0 Å². The Hall–Kier alpha value is -2.54. The van der Waals surface area contributed by atoms with Gasteiger partial charge < -0.3 is 15.4 Å². The van der Waals surface area contributed by atoms with E-state index in [-0.39, 0.29) is 5.91 Å². The number of aryl methyl sites for hydroxylation is 1. The number of unbranched alkanes of at least 4 members (excludes halogenated alkanes) is 1. The van der Waals surface area contributed by atoms with Crippen LogP contribution in [0.2, 0.25) is 0 Å². The first-order chi connectivity index (χ1) is 12.7. The lowest BCUT2D eigenvalue weighted by Crippen LogP contribution is -2.19. The first-order valence-corrected chi connectivity index (χ1v) is 9.11. The topological polar surface area (TPSA) is 89.0 Å². The summed E-state index contributed by atoms with van der Waals surface area (Å²) >= 11 is 0. The third kappa shape index (κ3) is 4.54. The molecule has 7 nitrogen and oxygen atoms in total. The third-order valence-corrected chi connectivity index (χ3v) is 4.27. The molecular weight excluding hydrogens is 330 g/mol. The molecule has 0 saturated carbocycles. The van der Waals surface area contributed by atoms with Crippen LogP contribution < -0.4 is 10.6 Å². The Bertz CT molecular complexity index is 779. The summed E-state index contributed by atoms with van der Waals surface area (Å²) in [7, 11) is 0. The number of carbonyl (C=O) groups excluding carboxylic acids is 1. The highest BCUT2D eigenvalue weighted by molar-refractivity contribution is 6.05. The summed E-state index contributed by atoms with van der Waals surface area (Å²) in [5, 5.41) is 6.18. The molecule has 1 aliphatic heterocycles. The monoisotopic (exact) mass is 355 g/mol. The van der Waals surface area contributed by atoms with Crippen LogP contribution in [0.5, 0.6) is 0 Å². The minimum Gasteiger partial charge on any atom is -0.381 e. The van der Waals surface area contributed by atoms with Gasteiger partial charge in [-0.15, -0.1) is 0 Å². The van der Waals surface area contributed by atoms with Crippen molar-refractivity contribution in [1.82, 2.24) is 15.0 Å². The van der Waals surface area contributed by atoms with Gasteiger partial charge in [0.15, 0.2) is 5.82 Å². The average Bonchev–Trinajstić information content (AvgIpc) is 2.86. The minimum atomic E-state index is -0.191. The van der Waals surface area contributed by atoms with E-state index >= 15 is 0 Å². The van der Waals surface area contributed by atoms with E-state index in [9.17, 15) is 4.79 Å². The fourth-order valence-electron chi connectivity index (χ4n) is 2.95. The van der Waals surface area contributed by atoms with Gasteiger partial charge in [-0.2, -0.15) is 0 Å². The van der Waals surface area contributed by atoms with Crippen molar-refractivity contribution in [2.45, 2.75) is 39.5 Å². The number of anilines is 2. The van der Waals surface area contributed by atoms with E-state index in [0.717, 1.165) is 42.2 Å². The Morgan fingerprint density at radius 1 is 1.19 bits per heavy atom. The standard InChI is InChI=1S/C19H25N5O2/c1-3-4-7-21-17-10-15(14-5-8-26-9-6-16(14)23-17)19(25)24-18-12-20-11-13(2)22-18/h10-12H,3-9H2,1-2H3,(H,21,23)(H,22,24,25). The van der Waals surface area contributed by atoms with E-state index in [1.807, 2.05) is 13.0 Å².